The quantitative estimate of drug-likeness (QED) is 0.344. The Kier molecular flexibility index (Phi) is 5.56. The third-order valence-corrected chi connectivity index (χ3v) is 4.76. The van der Waals surface area contributed by atoms with Crippen LogP contribution in [0.15, 0.2) is 94.4 Å². The highest BCUT2D eigenvalue weighted by molar-refractivity contribution is 5.54. The zero-order chi connectivity index (χ0) is 21.6. The number of rotatable bonds is 8. The maximum atomic E-state index is 5.86. The van der Waals surface area contributed by atoms with Crippen LogP contribution in [0.4, 0.5) is 0 Å². The van der Waals surface area contributed by atoms with Crippen molar-refractivity contribution in [3.63, 3.8) is 0 Å². The topological polar surface area (TPSA) is 96.3 Å². The number of aromatic nitrogens is 4. The highest BCUT2D eigenvalue weighted by Crippen LogP contribution is 2.22. The monoisotopic (exact) mass is 426 g/mol. The molecule has 158 valence electrons. The van der Waals surface area contributed by atoms with Gasteiger partial charge in [0.05, 0.1) is 0 Å². The minimum atomic E-state index is 0.470. The molecule has 2 heterocycles. The molecule has 5 rings (SSSR count). The van der Waals surface area contributed by atoms with Gasteiger partial charge >= 0.3 is 0 Å². The molecule has 0 amide bonds. The first-order valence-electron chi connectivity index (χ1n) is 9.90. The van der Waals surface area contributed by atoms with Crippen LogP contribution in [0.25, 0.3) is 22.9 Å². The van der Waals surface area contributed by atoms with E-state index in [4.69, 9.17) is 18.3 Å². The molecule has 5 aromatic rings. The van der Waals surface area contributed by atoms with Crippen molar-refractivity contribution in [2.75, 3.05) is 0 Å². The maximum Gasteiger partial charge on any atom is 0.247 e. The van der Waals surface area contributed by atoms with Crippen molar-refractivity contribution in [1.29, 1.82) is 0 Å². The molecule has 0 aliphatic rings. The second-order valence-electron chi connectivity index (χ2n) is 6.93. The summed E-state index contributed by atoms with van der Waals surface area (Å²) < 4.78 is 22.1. The second kappa shape index (κ2) is 9.13. The Morgan fingerprint density at radius 1 is 0.531 bits per heavy atom. The van der Waals surface area contributed by atoms with Gasteiger partial charge in [0.2, 0.25) is 24.6 Å². The van der Waals surface area contributed by atoms with Gasteiger partial charge in [0.15, 0.2) is 0 Å². The Hall–Kier alpha value is -4.46. The van der Waals surface area contributed by atoms with Gasteiger partial charge < -0.3 is 18.3 Å². The van der Waals surface area contributed by atoms with Gasteiger partial charge in [-0.15, -0.1) is 20.4 Å². The van der Waals surface area contributed by atoms with E-state index in [1.807, 2.05) is 72.8 Å². The fourth-order valence-corrected chi connectivity index (χ4v) is 3.05. The van der Waals surface area contributed by atoms with Crippen LogP contribution >= 0.6 is 0 Å². The summed E-state index contributed by atoms with van der Waals surface area (Å²) in [5.41, 5.74) is 3.84. The minimum absolute atomic E-state index is 0.470. The second-order valence-corrected chi connectivity index (χ2v) is 6.93. The molecule has 8 nitrogen and oxygen atoms in total. The summed E-state index contributed by atoms with van der Waals surface area (Å²) >= 11 is 0. The van der Waals surface area contributed by atoms with E-state index in [9.17, 15) is 0 Å². The van der Waals surface area contributed by atoms with E-state index < -0.39 is 0 Å². The van der Waals surface area contributed by atoms with Crippen molar-refractivity contribution in [3.05, 3.63) is 96.7 Å². The third-order valence-electron chi connectivity index (χ3n) is 4.76. The highest BCUT2D eigenvalue weighted by atomic mass is 16.5. The average Bonchev–Trinajstić information content (AvgIpc) is 3.58. The smallest absolute Gasteiger partial charge is 0.247 e. The van der Waals surface area contributed by atoms with Crippen LogP contribution in [0.3, 0.4) is 0 Å². The van der Waals surface area contributed by atoms with Crippen LogP contribution in [-0.4, -0.2) is 20.4 Å². The van der Waals surface area contributed by atoms with Gasteiger partial charge in [0.25, 0.3) is 0 Å². The van der Waals surface area contributed by atoms with E-state index in [1.165, 1.54) is 12.8 Å². The van der Waals surface area contributed by atoms with Crippen molar-refractivity contribution in [3.8, 4) is 34.4 Å². The largest absolute Gasteiger partial charge is 0.489 e. The normalized spacial score (nSPS) is 10.8. The zero-order valence-electron chi connectivity index (χ0n) is 16.9. The Morgan fingerprint density at radius 3 is 1.28 bits per heavy atom. The first-order valence-corrected chi connectivity index (χ1v) is 9.90. The highest BCUT2D eigenvalue weighted by Gasteiger charge is 2.05. The molecule has 0 fully saturated rings. The number of ether oxygens (including phenoxy) is 2. The Bertz CT molecular complexity index is 1130. The third kappa shape index (κ3) is 4.65. The lowest BCUT2D eigenvalue weighted by atomic mass is 10.1. The molecule has 32 heavy (non-hydrogen) atoms. The number of hydrogen-bond acceptors (Lipinski definition) is 8. The van der Waals surface area contributed by atoms with Crippen LogP contribution < -0.4 is 9.47 Å². The SMILES string of the molecule is c1nnc(-c2ccc(OCc3ccc(COc4ccc(-c5nnco5)cc4)cc3)cc2)o1. The molecular weight excluding hydrogens is 408 g/mol. The molecule has 0 aliphatic heterocycles. The van der Waals surface area contributed by atoms with Crippen molar-refractivity contribution < 1.29 is 18.3 Å². The van der Waals surface area contributed by atoms with Gasteiger partial charge in [0.1, 0.15) is 24.7 Å². The van der Waals surface area contributed by atoms with Crippen LogP contribution in [-0.2, 0) is 13.2 Å². The molecule has 3 aromatic carbocycles. The van der Waals surface area contributed by atoms with Gasteiger partial charge in [-0.3, -0.25) is 0 Å². The predicted molar refractivity (Wildman–Crippen MR) is 115 cm³/mol. The van der Waals surface area contributed by atoms with E-state index in [-0.39, 0.29) is 0 Å². The first-order chi connectivity index (χ1) is 15.8. The van der Waals surface area contributed by atoms with Gasteiger partial charge in [-0.1, -0.05) is 24.3 Å². The summed E-state index contributed by atoms with van der Waals surface area (Å²) in [5, 5.41) is 15.1. The molecule has 0 N–H and O–H groups in total. The summed E-state index contributed by atoms with van der Waals surface area (Å²) in [6.07, 6.45) is 2.62. The summed E-state index contributed by atoms with van der Waals surface area (Å²) in [6, 6.07) is 23.2. The lowest BCUT2D eigenvalue weighted by Gasteiger charge is -2.09. The zero-order valence-corrected chi connectivity index (χ0v) is 16.9. The van der Waals surface area contributed by atoms with Gasteiger partial charge in [-0.2, -0.15) is 0 Å². The molecule has 0 bridgehead atoms. The van der Waals surface area contributed by atoms with Gasteiger partial charge in [0, 0.05) is 11.1 Å². The Balaban J connectivity index is 1.12. The van der Waals surface area contributed by atoms with Crippen molar-refractivity contribution >= 4 is 0 Å². The predicted octanol–water partition coefficient (Wildman–Crippen LogP) is 4.94. The van der Waals surface area contributed by atoms with Crippen LogP contribution in [0.5, 0.6) is 11.5 Å². The van der Waals surface area contributed by atoms with E-state index in [0.717, 1.165) is 33.8 Å². The molecule has 0 saturated heterocycles. The fraction of sp³-hybridized carbons (Fsp3) is 0.0833. The maximum absolute atomic E-state index is 5.86. The molecule has 2 aromatic heterocycles. The lowest BCUT2D eigenvalue weighted by Crippen LogP contribution is -1.98. The van der Waals surface area contributed by atoms with Crippen molar-refractivity contribution in [2.45, 2.75) is 13.2 Å². The summed E-state index contributed by atoms with van der Waals surface area (Å²) in [6.45, 7) is 0.941. The lowest BCUT2D eigenvalue weighted by molar-refractivity contribution is 0.302. The molecule has 0 atom stereocenters. The minimum Gasteiger partial charge on any atom is -0.489 e. The first kappa shape index (κ1) is 19.5. The number of nitrogens with zero attached hydrogens (tertiary/aromatic N) is 4. The van der Waals surface area contributed by atoms with Crippen LogP contribution in [0.2, 0.25) is 0 Å². The van der Waals surface area contributed by atoms with Crippen molar-refractivity contribution in [2.24, 2.45) is 0 Å². The van der Waals surface area contributed by atoms with E-state index in [2.05, 4.69) is 20.4 Å². The molecule has 0 spiro atoms. The summed E-state index contributed by atoms with van der Waals surface area (Å²) in [4.78, 5) is 0. The molecule has 0 aliphatic carbocycles. The van der Waals surface area contributed by atoms with Crippen LogP contribution in [0.1, 0.15) is 11.1 Å². The van der Waals surface area contributed by atoms with E-state index >= 15 is 0 Å². The Morgan fingerprint density at radius 2 is 0.938 bits per heavy atom. The van der Waals surface area contributed by atoms with Gasteiger partial charge in [-0.05, 0) is 59.7 Å². The molecule has 0 radical (unpaired) electrons. The number of benzene rings is 3. The Labute approximate surface area is 183 Å². The average molecular weight is 426 g/mol. The standard InChI is InChI=1S/C24H18N4O4/c1-2-18(14-30-22-11-7-20(8-12-22)24-28-26-16-32-24)4-3-17(1)13-29-21-9-5-19(6-10-21)23-27-25-15-31-23/h1-12,15-16H,13-14H2. The molecular formula is C24H18N4O4. The fourth-order valence-electron chi connectivity index (χ4n) is 3.05. The van der Waals surface area contributed by atoms with E-state index in [0.29, 0.717) is 25.0 Å². The van der Waals surface area contributed by atoms with Gasteiger partial charge in [-0.25, -0.2) is 0 Å². The summed E-state index contributed by atoms with van der Waals surface area (Å²) in [5.74, 6) is 2.50. The van der Waals surface area contributed by atoms with E-state index in [1.54, 1.807) is 0 Å². The molecule has 0 saturated carbocycles. The summed E-state index contributed by atoms with van der Waals surface area (Å²) in [7, 11) is 0. The number of hydrogen-bond donors (Lipinski definition) is 0. The molecule has 0 unspecified atom stereocenters. The van der Waals surface area contributed by atoms with Crippen molar-refractivity contribution in [1.82, 2.24) is 20.4 Å². The van der Waals surface area contributed by atoms with Crippen LogP contribution in [0, 0.1) is 0 Å². The molecule has 8 heteroatoms.